The summed E-state index contributed by atoms with van der Waals surface area (Å²) in [4.78, 5) is 0.297. The molecule has 17 heavy (non-hydrogen) atoms. The Hall–Kier alpha value is -1.62. The van der Waals surface area contributed by atoms with E-state index in [2.05, 4.69) is 5.10 Å². The van der Waals surface area contributed by atoms with Gasteiger partial charge in [-0.3, -0.25) is 0 Å². The fraction of sp³-hybridized carbons (Fsp3) is 0.250. The summed E-state index contributed by atoms with van der Waals surface area (Å²) in [5.41, 5.74) is 2.03. The topological polar surface area (TPSA) is 52.0 Å². The van der Waals surface area contributed by atoms with Gasteiger partial charge in [0.05, 0.1) is 16.3 Å². The van der Waals surface area contributed by atoms with Crippen LogP contribution in [0.15, 0.2) is 35.2 Å². The minimum atomic E-state index is -3.57. The van der Waals surface area contributed by atoms with Crippen molar-refractivity contribution in [1.82, 2.24) is 9.19 Å². The zero-order valence-corrected chi connectivity index (χ0v) is 10.8. The molecule has 0 N–H and O–H groups in total. The van der Waals surface area contributed by atoms with Crippen LogP contribution in [-0.2, 0) is 10.0 Å². The Morgan fingerprint density at radius 3 is 2.29 bits per heavy atom. The summed E-state index contributed by atoms with van der Waals surface area (Å²) >= 11 is 0. The third-order valence-electron chi connectivity index (χ3n) is 2.57. The monoisotopic (exact) mass is 250 g/mol. The van der Waals surface area contributed by atoms with E-state index in [1.807, 2.05) is 6.07 Å². The van der Waals surface area contributed by atoms with Crippen LogP contribution in [0.5, 0.6) is 0 Å². The molecule has 0 fully saturated rings. The molecule has 5 heteroatoms. The van der Waals surface area contributed by atoms with Crippen LogP contribution in [0.4, 0.5) is 0 Å². The van der Waals surface area contributed by atoms with Crippen molar-refractivity contribution >= 4 is 10.0 Å². The molecule has 0 spiro atoms. The molecule has 2 aromatic rings. The normalized spacial score (nSPS) is 11.7. The smallest absolute Gasteiger partial charge is 0.199 e. The third-order valence-corrected chi connectivity index (χ3v) is 4.41. The minimum Gasteiger partial charge on any atom is -0.199 e. The van der Waals surface area contributed by atoms with Gasteiger partial charge in [0.15, 0.2) is 0 Å². The van der Waals surface area contributed by atoms with E-state index in [1.54, 1.807) is 45.0 Å². The van der Waals surface area contributed by atoms with E-state index in [9.17, 15) is 8.42 Å². The second-order valence-corrected chi connectivity index (χ2v) is 5.78. The summed E-state index contributed by atoms with van der Waals surface area (Å²) in [5.74, 6) is 0. The molecule has 0 saturated carbocycles. The number of aryl methyl sites for hydroxylation is 3. The van der Waals surface area contributed by atoms with Crippen LogP contribution in [0.1, 0.15) is 17.0 Å². The van der Waals surface area contributed by atoms with Gasteiger partial charge in [-0.15, -0.1) is 0 Å². The standard InChI is InChI=1S/C12H14N2O2S/c1-9-6-4-5-7-12(9)17(15,16)14-11(3)8-10(2)13-14/h4-8H,1-3H3. The molecule has 4 nitrogen and oxygen atoms in total. The highest BCUT2D eigenvalue weighted by Gasteiger charge is 2.21. The van der Waals surface area contributed by atoms with Crippen LogP contribution in [0.25, 0.3) is 0 Å². The van der Waals surface area contributed by atoms with Gasteiger partial charge in [-0.2, -0.15) is 17.6 Å². The lowest BCUT2D eigenvalue weighted by Crippen LogP contribution is -2.17. The van der Waals surface area contributed by atoms with E-state index >= 15 is 0 Å². The summed E-state index contributed by atoms with van der Waals surface area (Å²) in [6.07, 6.45) is 0. The molecule has 1 aromatic carbocycles. The van der Waals surface area contributed by atoms with Gasteiger partial charge in [-0.1, -0.05) is 18.2 Å². The first-order valence-electron chi connectivity index (χ1n) is 5.27. The highest BCUT2D eigenvalue weighted by molar-refractivity contribution is 7.90. The van der Waals surface area contributed by atoms with Crippen LogP contribution in [-0.4, -0.2) is 17.6 Å². The summed E-state index contributed by atoms with van der Waals surface area (Å²) in [7, 11) is -3.57. The van der Waals surface area contributed by atoms with Crippen LogP contribution in [0.3, 0.4) is 0 Å². The summed E-state index contributed by atoms with van der Waals surface area (Å²) in [6.45, 7) is 5.28. The lowest BCUT2D eigenvalue weighted by Gasteiger charge is -2.08. The number of aromatic nitrogens is 2. The number of hydrogen-bond acceptors (Lipinski definition) is 3. The predicted molar refractivity (Wildman–Crippen MR) is 65.5 cm³/mol. The van der Waals surface area contributed by atoms with Gasteiger partial charge in [0.25, 0.3) is 10.0 Å². The predicted octanol–water partition coefficient (Wildman–Crippen LogP) is 2.05. The molecule has 1 heterocycles. The summed E-state index contributed by atoms with van der Waals surface area (Å²) in [6, 6.07) is 8.65. The zero-order valence-electron chi connectivity index (χ0n) is 10.0. The fourth-order valence-electron chi connectivity index (χ4n) is 1.79. The molecule has 1 aromatic heterocycles. The first kappa shape index (κ1) is 11.9. The third kappa shape index (κ3) is 1.98. The quantitative estimate of drug-likeness (QED) is 0.819. The summed E-state index contributed by atoms with van der Waals surface area (Å²) < 4.78 is 25.9. The average Bonchev–Trinajstić information content (AvgIpc) is 2.59. The number of hydrogen-bond donors (Lipinski definition) is 0. The Bertz CT molecular complexity index is 657. The Balaban J connectivity index is 2.66. The van der Waals surface area contributed by atoms with Crippen LogP contribution >= 0.6 is 0 Å². The van der Waals surface area contributed by atoms with E-state index < -0.39 is 10.0 Å². The molecule has 0 atom stereocenters. The van der Waals surface area contributed by atoms with Gasteiger partial charge in [-0.05, 0) is 38.5 Å². The molecule has 0 saturated heterocycles. The van der Waals surface area contributed by atoms with Crippen molar-refractivity contribution < 1.29 is 8.42 Å². The molecular formula is C12H14N2O2S. The van der Waals surface area contributed by atoms with E-state index in [-0.39, 0.29) is 0 Å². The van der Waals surface area contributed by atoms with Crippen molar-refractivity contribution in [3.8, 4) is 0 Å². The largest absolute Gasteiger partial charge is 0.283 e. The highest BCUT2D eigenvalue weighted by Crippen LogP contribution is 2.19. The molecule has 0 bridgehead atoms. The number of nitrogens with zero attached hydrogens (tertiary/aromatic N) is 2. The van der Waals surface area contributed by atoms with Crippen LogP contribution < -0.4 is 0 Å². The van der Waals surface area contributed by atoms with Gasteiger partial charge >= 0.3 is 0 Å². The molecule has 0 aliphatic carbocycles. The molecular weight excluding hydrogens is 236 g/mol. The van der Waals surface area contributed by atoms with Crippen molar-refractivity contribution in [2.75, 3.05) is 0 Å². The second kappa shape index (κ2) is 4.00. The maximum Gasteiger partial charge on any atom is 0.283 e. The first-order valence-corrected chi connectivity index (χ1v) is 6.71. The van der Waals surface area contributed by atoms with Crippen molar-refractivity contribution in [1.29, 1.82) is 0 Å². The molecule has 0 aliphatic heterocycles. The van der Waals surface area contributed by atoms with E-state index in [0.717, 1.165) is 9.65 Å². The van der Waals surface area contributed by atoms with Crippen LogP contribution in [0.2, 0.25) is 0 Å². The lowest BCUT2D eigenvalue weighted by molar-refractivity contribution is 0.577. The minimum absolute atomic E-state index is 0.297. The highest BCUT2D eigenvalue weighted by atomic mass is 32.2. The number of rotatable bonds is 2. The molecule has 0 radical (unpaired) electrons. The molecule has 2 rings (SSSR count). The Morgan fingerprint density at radius 1 is 1.12 bits per heavy atom. The van der Waals surface area contributed by atoms with E-state index in [4.69, 9.17) is 0 Å². The molecule has 0 aliphatic rings. The Kier molecular flexibility index (Phi) is 2.79. The average molecular weight is 250 g/mol. The molecule has 0 unspecified atom stereocenters. The van der Waals surface area contributed by atoms with Crippen molar-refractivity contribution in [2.45, 2.75) is 25.7 Å². The lowest BCUT2D eigenvalue weighted by atomic mass is 10.2. The number of benzene rings is 1. The van der Waals surface area contributed by atoms with Gasteiger partial charge in [-0.25, -0.2) is 0 Å². The van der Waals surface area contributed by atoms with Crippen molar-refractivity contribution in [3.05, 3.63) is 47.3 Å². The fourth-order valence-corrected chi connectivity index (χ4v) is 3.37. The Labute approximate surface area is 101 Å². The van der Waals surface area contributed by atoms with E-state index in [1.165, 1.54) is 0 Å². The van der Waals surface area contributed by atoms with Crippen molar-refractivity contribution in [3.63, 3.8) is 0 Å². The molecule has 0 amide bonds. The SMILES string of the molecule is Cc1cc(C)n(S(=O)(=O)c2ccccc2C)n1. The molecule has 90 valence electrons. The van der Waals surface area contributed by atoms with Gasteiger partial charge in [0.2, 0.25) is 0 Å². The Morgan fingerprint density at radius 2 is 1.76 bits per heavy atom. The first-order chi connectivity index (χ1) is 7.93. The van der Waals surface area contributed by atoms with Gasteiger partial charge in [0.1, 0.15) is 0 Å². The second-order valence-electron chi connectivity index (χ2n) is 4.04. The zero-order chi connectivity index (χ0) is 12.6. The van der Waals surface area contributed by atoms with Gasteiger partial charge < -0.3 is 0 Å². The summed E-state index contributed by atoms with van der Waals surface area (Å²) in [5, 5.41) is 4.03. The van der Waals surface area contributed by atoms with Crippen molar-refractivity contribution in [2.24, 2.45) is 0 Å². The van der Waals surface area contributed by atoms with Gasteiger partial charge in [0, 0.05) is 0 Å². The van der Waals surface area contributed by atoms with E-state index in [0.29, 0.717) is 16.3 Å². The van der Waals surface area contributed by atoms with Crippen LogP contribution in [0, 0.1) is 20.8 Å². The maximum atomic E-state index is 12.4. The maximum absolute atomic E-state index is 12.4.